The largest absolute Gasteiger partial charge is 0.495 e. The highest BCUT2D eigenvalue weighted by Gasteiger charge is 2.24. The molecule has 0 aliphatic carbocycles. The first-order valence-electron chi connectivity index (χ1n) is 12.9. The first kappa shape index (κ1) is 27.6. The minimum Gasteiger partial charge on any atom is -0.495 e. The number of hydrogen-bond acceptors (Lipinski definition) is 10. The molecule has 0 spiro atoms. The van der Waals surface area contributed by atoms with Crippen LogP contribution in [0.15, 0.2) is 36.5 Å². The van der Waals surface area contributed by atoms with Crippen molar-refractivity contribution in [2.45, 2.75) is 25.5 Å². The van der Waals surface area contributed by atoms with Gasteiger partial charge in [-0.25, -0.2) is 0 Å². The van der Waals surface area contributed by atoms with Gasteiger partial charge >= 0.3 is 0 Å². The Labute approximate surface area is 237 Å². The molecule has 12 heteroatoms. The molecule has 5 rings (SSSR count). The van der Waals surface area contributed by atoms with Crippen LogP contribution in [-0.2, 0) is 18.3 Å². The summed E-state index contributed by atoms with van der Waals surface area (Å²) in [6.45, 7) is 1.83. The Morgan fingerprint density at radius 2 is 1.77 bits per heavy atom. The second-order valence-electron chi connectivity index (χ2n) is 9.40. The van der Waals surface area contributed by atoms with E-state index in [2.05, 4.69) is 15.3 Å². The molecule has 0 amide bonds. The Kier molecular flexibility index (Phi) is 8.32. The molecule has 1 fully saturated rings. The number of aromatic nitrogens is 4. The average molecular weight is 569 g/mol. The SMILES string of the molecule is COc1ccc(Nc2nc(N(Cc3cc(OC)c(OC)c(OC)c3)CC3CCCO3)nc3c2cnn3C)cc1Cl. The lowest BCUT2D eigenvalue weighted by Crippen LogP contribution is -2.33. The number of benzene rings is 2. The van der Waals surface area contributed by atoms with Gasteiger partial charge in [-0.15, -0.1) is 0 Å². The summed E-state index contributed by atoms with van der Waals surface area (Å²) in [4.78, 5) is 12.0. The van der Waals surface area contributed by atoms with Gasteiger partial charge in [0.1, 0.15) is 11.6 Å². The fraction of sp³-hybridized carbons (Fsp3) is 0.393. The Hall–Kier alpha value is -3.96. The van der Waals surface area contributed by atoms with Crippen molar-refractivity contribution < 1.29 is 23.7 Å². The van der Waals surface area contributed by atoms with Gasteiger partial charge in [0.25, 0.3) is 0 Å². The van der Waals surface area contributed by atoms with Crippen LogP contribution < -0.4 is 29.2 Å². The van der Waals surface area contributed by atoms with Crippen LogP contribution >= 0.6 is 11.6 Å². The third kappa shape index (κ3) is 5.66. The zero-order chi connectivity index (χ0) is 28.2. The lowest BCUT2D eigenvalue weighted by atomic mass is 10.1. The summed E-state index contributed by atoms with van der Waals surface area (Å²) < 4.78 is 29.7. The van der Waals surface area contributed by atoms with Crippen molar-refractivity contribution in [2.24, 2.45) is 7.05 Å². The summed E-state index contributed by atoms with van der Waals surface area (Å²) in [6.07, 6.45) is 3.80. The summed E-state index contributed by atoms with van der Waals surface area (Å²) in [5.74, 6) is 3.43. The lowest BCUT2D eigenvalue weighted by Gasteiger charge is -2.27. The smallest absolute Gasteiger partial charge is 0.229 e. The number of rotatable bonds is 11. The number of nitrogens with zero attached hydrogens (tertiary/aromatic N) is 5. The van der Waals surface area contributed by atoms with Gasteiger partial charge in [-0.1, -0.05) is 11.6 Å². The molecule has 0 saturated carbocycles. The van der Waals surface area contributed by atoms with Crippen molar-refractivity contribution in [1.82, 2.24) is 19.7 Å². The number of anilines is 3. The van der Waals surface area contributed by atoms with Crippen molar-refractivity contribution in [3.63, 3.8) is 0 Å². The van der Waals surface area contributed by atoms with Gasteiger partial charge in [0.2, 0.25) is 11.7 Å². The molecule has 40 heavy (non-hydrogen) atoms. The maximum absolute atomic E-state index is 6.39. The molecular formula is C28H33ClN6O5. The highest BCUT2D eigenvalue weighted by Crippen LogP contribution is 2.39. The van der Waals surface area contributed by atoms with Gasteiger partial charge < -0.3 is 33.9 Å². The minimum atomic E-state index is 0.0599. The number of fused-ring (bicyclic) bond motifs is 1. The first-order valence-corrected chi connectivity index (χ1v) is 13.3. The fourth-order valence-electron chi connectivity index (χ4n) is 4.83. The van der Waals surface area contributed by atoms with Crippen LogP contribution in [0, 0.1) is 0 Å². The number of nitrogens with one attached hydrogen (secondary N) is 1. The van der Waals surface area contributed by atoms with Crippen molar-refractivity contribution >= 4 is 40.1 Å². The Morgan fingerprint density at radius 3 is 2.40 bits per heavy atom. The highest BCUT2D eigenvalue weighted by molar-refractivity contribution is 6.32. The molecule has 1 saturated heterocycles. The molecule has 1 aliphatic heterocycles. The summed E-state index contributed by atoms with van der Waals surface area (Å²) in [5.41, 5.74) is 2.39. The van der Waals surface area contributed by atoms with Crippen LogP contribution in [0.4, 0.5) is 17.5 Å². The second-order valence-corrected chi connectivity index (χ2v) is 9.81. The normalized spacial score (nSPS) is 14.8. The zero-order valence-electron chi connectivity index (χ0n) is 23.2. The highest BCUT2D eigenvalue weighted by atomic mass is 35.5. The average Bonchev–Trinajstić information content (AvgIpc) is 3.62. The third-order valence-corrected chi connectivity index (χ3v) is 7.12. The van der Waals surface area contributed by atoms with Gasteiger partial charge in [-0.2, -0.15) is 15.1 Å². The van der Waals surface area contributed by atoms with Crippen molar-refractivity contribution in [2.75, 3.05) is 51.8 Å². The van der Waals surface area contributed by atoms with Crippen LogP contribution in [0.1, 0.15) is 18.4 Å². The van der Waals surface area contributed by atoms with Crippen LogP contribution in [0.3, 0.4) is 0 Å². The third-order valence-electron chi connectivity index (χ3n) is 6.82. The van der Waals surface area contributed by atoms with Crippen LogP contribution in [0.5, 0.6) is 23.0 Å². The summed E-state index contributed by atoms with van der Waals surface area (Å²) in [6, 6.07) is 9.36. The van der Waals surface area contributed by atoms with Crippen LogP contribution in [0.25, 0.3) is 11.0 Å². The number of halogens is 1. The predicted molar refractivity (Wildman–Crippen MR) is 154 cm³/mol. The van der Waals surface area contributed by atoms with E-state index in [9.17, 15) is 0 Å². The van der Waals surface area contributed by atoms with Crippen molar-refractivity contribution in [1.29, 1.82) is 0 Å². The molecule has 1 N–H and O–H groups in total. The van der Waals surface area contributed by atoms with E-state index in [1.54, 1.807) is 51.5 Å². The Balaban J connectivity index is 1.56. The maximum atomic E-state index is 6.39. The molecule has 11 nitrogen and oxygen atoms in total. The number of hydrogen-bond donors (Lipinski definition) is 1. The molecule has 2 aromatic heterocycles. The topological polar surface area (TPSA) is 105 Å². The van der Waals surface area contributed by atoms with Gasteiger partial charge in [-0.3, -0.25) is 4.68 Å². The number of aryl methyl sites for hydroxylation is 1. The van der Waals surface area contributed by atoms with Gasteiger partial charge in [-0.05, 0) is 48.7 Å². The Bertz CT molecular complexity index is 1460. The number of ether oxygens (including phenoxy) is 5. The van der Waals surface area contributed by atoms with E-state index >= 15 is 0 Å². The predicted octanol–water partition coefficient (Wildman–Crippen LogP) is 4.98. The van der Waals surface area contributed by atoms with Crippen LogP contribution in [0.2, 0.25) is 5.02 Å². The van der Waals surface area contributed by atoms with Gasteiger partial charge in [0.15, 0.2) is 17.1 Å². The summed E-state index contributed by atoms with van der Waals surface area (Å²) >= 11 is 6.39. The van der Waals surface area contributed by atoms with Crippen molar-refractivity contribution in [3.05, 3.63) is 47.1 Å². The minimum absolute atomic E-state index is 0.0599. The van der Waals surface area contributed by atoms with Crippen molar-refractivity contribution in [3.8, 4) is 23.0 Å². The lowest BCUT2D eigenvalue weighted by molar-refractivity contribution is 0.115. The molecule has 1 unspecified atom stereocenters. The molecule has 4 aromatic rings. The first-order chi connectivity index (χ1) is 19.4. The molecule has 1 atom stereocenters. The molecule has 0 radical (unpaired) electrons. The standard InChI is InChI=1S/C28H33ClN6O5/c1-34-27-20(14-30-34)26(31-18-8-9-22(36-2)21(29)13-18)32-28(33-27)35(16-19-7-6-10-40-19)15-17-11-23(37-3)25(39-5)24(12-17)38-4/h8-9,11-14,19H,6-7,10,15-16H2,1-5H3,(H,31,32,33). The molecule has 212 valence electrons. The van der Waals surface area contributed by atoms with E-state index < -0.39 is 0 Å². The summed E-state index contributed by atoms with van der Waals surface area (Å²) in [7, 11) is 8.24. The molecule has 3 heterocycles. The van der Waals surface area contributed by atoms with E-state index in [0.717, 1.165) is 36.1 Å². The van der Waals surface area contributed by atoms with E-state index in [4.69, 9.17) is 45.3 Å². The van der Waals surface area contributed by atoms with E-state index in [-0.39, 0.29) is 6.10 Å². The van der Waals surface area contributed by atoms with E-state index in [1.165, 1.54) is 0 Å². The molecule has 1 aliphatic rings. The van der Waals surface area contributed by atoms with Gasteiger partial charge in [0, 0.05) is 32.4 Å². The zero-order valence-corrected chi connectivity index (χ0v) is 24.0. The van der Waals surface area contributed by atoms with Crippen LogP contribution in [-0.4, -0.2) is 67.4 Å². The molecular weight excluding hydrogens is 536 g/mol. The monoisotopic (exact) mass is 568 g/mol. The second kappa shape index (κ2) is 12.1. The Morgan fingerprint density at radius 1 is 1.02 bits per heavy atom. The summed E-state index contributed by atoms with van der Waals surface area (Å²) in [5, 5.41) is 9.10. The maximum Gasteiger partial charge on any atom is 0.229 e. The van der Waals surface area contributed by atoms with E-state index in [0.29, 0.717) is 58.5 Å². The van der Waals surface area contributed by atoms with E-state index in [1.807, 2.05) is 25.2 Å². The number of methoxy groups -OCH3 is 4. The van der Waals surface area contributed by atoms with Gasteiger partial charge in [0.05, 0.1) is 51.1 Å². The quantitative estimate of drug-likeness (QED) is 0.266. The molecule has 2 aromatic carbocycles. The fourth-order valence-corrected chi connectivity index (χ4v) is 5.08. The molecule has 0 bridgehead atoms.